The third-order valence-electron chi connectivity index (χ3n) is 5.06. The average Bonchev–Trinajstić information content (AvgIpc) is 3.04. The highest BCUT2D eigenvalue weighted by molar-refractivity contribution is 5.94. The van der Waals surface area contributed by atoms with Crippen LogP contribution in [0.3, 0.4) is 0 Å². The minimum Gasteiger partial charge on any atom is -0.408 e. The molecule has 0 atom stereocenters. The summed E-state index contributed by atoms with van der Waals surface area (Å²) in [5, 5.41) is 2.61. The Morgan fingerprint density at radius 2 is 1.84 bits per heavy atom. The minimum atomic E-state index is -4.51. The smallest absolute Gasteiger partial charge is 0.408 e. The number of benzene rings is 2. The van der Waals surface area contributed by atoms with Crippen molar-refractivity contribution in [3.8, 4) is 0 Å². The lowest BCUT2D eigenvalue weighted by Gasteiger charge is -2.25. The van der Waals surface area contributed by atoms with Gasteiger partial charge in [-0.1, -0.05) is 12.1 Å². The molecule has 0 spiro atoms. The quantitative estimate of drug-likeness (QED) is 0.548. The molecule has 0 saturated heterocycles. The average molecular weight is 435 g/mol. The summed E-state index contributed by atoms with van der Waals surface area (Å²) in [6.45, 7) is 5.21. The van der Waals surface area contributed by atoms with Gasteiger partial charge in [0.15, 0.2) is 5.58 Å². The van der Waals surface area contributed by atoms with E-state index in [1.165, 1.54) is 10.6 Å². The third-order valence-corrected chi connectivity index (χ3v) is 5.06. The van der Waals surface area contributed by atoms with Gasteiger partial charge in [0, 0.05) is 26.1 Å². The number of aromatic nitrogens is 1. The van der Waals surface area contributed by atoms with Crippen LogP contribution in [0.4, 0.5) is 24.5 Å². The van der Waals surface area contributed by atoms with Crippen LogP contribution in [-0.4, -0.2) is 23.6 Å². The monoisotopic (exact) mass is 435 g/mol. The lowest BCUT2D eigenvalue weighted by atomic mass is 10.1. The maximum Gasteiger partial charge on any atom is 0.419 e. The van der Waals surface area contributed by atoms with Crippen molar-refractivity contribution < 1.29 is 22.4 Å². The van der Waals surface area contributed by atoms with Crippen molar-refractivity contribution in [3.05, 3.63) is 58.6 Å². The number of anilines is 2. The molecule has 0 radical (unpaired) electrons. The van der Waals surface area contributed by atoms with Crippen LogP contribution in [-0.2, 0) is 17.5 Å². The van der Waals surface area contributed by atoms with Crippen molar-refractivity contribution in [1.29, 1.82) is 0 Å². The topological polar surface area (TPSA) is 67.5 Å². The first kappa shape index (κ1) is 22.5. The number of para-hydroxylation sites is 2. The van der Waals surface area contributed by atoms with E-state index in [9.17, 15) is 22.8 Å². The number of halogens is 3. The first-order chi connectivity index (χ1) is 14.7. The Morgan fingerprint density at radius 3 is 2.52 bits per heavy atom. The Hall–Kier alpha value is -3.23. The molecule has 0 bridgehead atoms. The van der Waals surface area contributed by atoms with E-state index in [1.807, 2.05) is 18.7 Å². The first-order valence-electron chi connectivity index (χ1n) is 10.1. The highest BCUT2D eigenvalue weighted by Gasteiger charge is 2.31. The fraction of sp³-hybridized carbons (Fsp3) is 0.364. The van der Waals surface area contributed by atoms with Crippen molar-refractivity contribution >= 4 is 28.4 Å². The number of nitrogens with zero attached hydrogens (tertiary/aromatic N) is 2. The van der Waals surface area contributed by atoms with Crippen LogP contribution < -0.4 is 16.0 Å². The number of fused-ring (bicyclic) bond motifs is 1. The van der Waals surface area contributed by atoms with Gasteiger partial charge in [-0.25, -0.2) is 4.79 Å². The van der Waals surface area contributed by atoms with Crippen LogP contribution in [0.15, 0.2) is 51.7 Å². The molecule has 166 valence electrons. The number of nitrogens with one attached hydrogen (secondary N) is 1. The van der Waals surface area contributed by atoms with Crippen LogP contribution >= 0.6 is 0 Å². The minimum absolute atomic E-state index is 0.0415. The molecule has 6 nitrogen and oxygen atoms in total. The number of hydrogen-bond donors (Lipinski definition) is 1. The number of carbonyl (C=O) groups excluding carboxylic acids is 1. The predicted octanol–water partition coefficient (Wildman–Crippen LogP) is 4.88. The van der Waals surface area contributed by atoms with E-state index in [0.717, 1.165) is 12.1 Å². The molecule has 1 aromatic heterocycles. The Balaban J connectivity index is 1.73. The van der Waals surface area contributed by atoms with Crippen molar-refractivity contribution in [1.82, 2.24) is 4.57 Å². The molecule has 0 aliphatic rings. The van der Waals surface area contributed by atoms with E-state index in [2.05, 4.69) is 5.32 Å². The molecule has 31 heavy (non-hydrogen) atoms. The summed E-state index contributed by atoms with van der Waals surface area (Å²) in [6, 6.07) is 10.3. The summed E-state index contributed by atoms with van der Waals surface area (Å²) in [6.07, 6.45) is -4.14. The molecule has 0 saturated carbocycles. The molecule has 1 N–H and O–H groups in total. The molecule has 1 heterocycles. The zero-order valence-electron chi connectivity index (χ0n) is 17.3. The number of carbonyl (C=O) groups is 1. The summed E-state index contributed by atoms with van der Waals surface area (Å²) in [7, 11) is 0. The molecular weight excluding hydrogens is 411 g/mol. The molecule has 3 rings (SSSR count). The van der Waals surface area contributed by atoms with Crippen LogP contribution in [0.5, 0.6) is 0 Å². The van der Waals surface area contributed by atoms with Gasteiger partial charge in [-0.15, -0.1) is 0 Å². The molecule has 3 aromatic rings. The maximum atomic E-state index is 13.2. The summed E-state index contributed by atoms with van der Waals surface area (Å²) >= 11 is 0. The summed E-state index contributed by atoms with van der Waals surface area (Å²) in [5.41, 5.74) is 0.923. The van der Waals surface area contributed by atoms with Gasteiger partial charge >= 0.3 is 11.9 Å². The Morgan fingerprint density at radius 1 is 1.13 bits per heavy atom. The molecule has 0 fully saturated rings. The SMILES string of the molecule is CCN(CC)c1ccc(C(F)(F)F)cc1NC(=O)CCCn1c(=O)oc2ccccc21. The number of aryl methyl sites for hydroxylation is 1. The second kappa shape index (κ2) is 9.28. The van der Waals surface area contributed by atoms with E-state index in [-0.39, 0.29) is 18.7 Å². The lowest BCUT2D eigenvalue weighted by Crippen LogP contribution is -2.24. The molecule has 1 amide bonds. The molecule has 9 heteroatoms. The van der Waals surface area contributed by atoms with Gasteiger partial charge in [-0.05, 0) is 50.6 Å². The fourth-order valence-corrected chi connectivity index (χ4v) is 3.49. The van der Waals surface area contributed by atoms with E-state index in [4.69, 9.17) is 4.42 Å². The van der Waals surface area contributed by atoms with Crippen LogP contribution in [0.25, 0.3) is 11.1 Å². The number of alkyl halides is 3. The second-order valence-corrected chi connectivity index (χ2v) is 7.04. The zero-order chi connectivity index (χ0) is 22.6. The number of rotatable bonds is 8. The van der Waals surface area contributed by atoms with Gasteiger partial charge in [-0.3, -0.25) is 9.36 Å². The third kappa shape index (κ3) is 5.10. The van der Waals surface area contributed by atoms with E-state index >= 15 is 0 Å². The van der Waals surface area contributed by atoms with Gasteiger partial charge in [0.25, 0.3) is 0 Å². The zero-order valence-corrected chi connectivity index (χ0v) is 17.3. The van der Waals surface area contributed by atoms with Crippen molar-refractivity contribution in [2.45, 2.75) is 39.4 Å². The second-order valence-electron chi connectivity index (χ2n) is 7.04. The summed E-state index contributed by atoms with van der Waals surface area (Å²) in [5.74, 6) is -0.933. The fourth-order valence-electron chi connectivity index (χ4n) is 3.49. The van der Waals surface area contributed by atoms with Gasteiger partial charge < -0.3 is 14.6 Å². The first-order valence-corrected chi connectivity index (χ1v) is 10.1. The van der Waals surface area contributed by atoms with Crippen LogP contribution in [0, 0.1) is 0 Å². The molecule has 0 aliphatic carbocycles. The molecule has 0 aliphatic heterocycles. The van der Waals surface area contributed by atoms with Crippen molar-refractivity contribution in [2.75, 3.05) is 23.3 Å². The Kier molecular flexibility index (Phi) is 6.72. The number of amides is 1. The summed E-state index contributed by atoms with van der Waals surface area (Å²) in [4.78, 5) is 26.4. The van der Waals surface area contributed by atoms with Gasteiger partial charge in [0.1, 0.15) is 0 Å². The Bertz CT molecular complexity index is 1110. The predicted molar refractivity (Wildman–Crippen MR) is 113 cm³/mol. The van der Waals surface area contributed by atoms with Gasteiger partial charge in [0.05, 0.1) is 22.5 Å². The van der Waals surface area contributed by atoms with Gasteiger partial charge in [0.2, 0.25) is 5.91 Å². The standard InChI is InChI=1S/C22H24F3N3O3/c1-3-27(4-2)17-12-11-15(22(23,24)25)14-16(17)26-20(29)10-7-13-28-18-8-5-6-9-19(18)31-21(28)30/h5-6,8-9,11-12,14H,3-4,7,10,13H2,1-2H3,(H,26,29). The summed E-state index contributed by atoms with van der Waals surface area (Å²) < 4.78 is 46.1. The molecular formula is C22H24F3N3O3. The highest BCUT2D eigenvalue weighted by atomic mass is 19.4. The van der Waals surface area contributed by atoms with Crippen LogP contribution in [0.2, 0.25) is 0 Å². The van der Waals surface area contributed by atoms with E-state index in [0.29, 0.717) is 36.3 Å². The largest absolute Gasteiger partial charge is 0.419 e. The number of oxazole rings is 1. The van der Waals surface area contributed by atoms with Crippen LogP contribution in [0.1, 0.15) is 32.3 Å². The Labute approximate surface area is 177 Å². The maximum absolute atomic E-state index is 13.2. The normalized spacial score (nSPS) is 11.6. The molecule has 2 aromatic carbocycles. The van der Waals surface area contributed by atoms with Crippen molar-refractivity contribution in [2.24, 2.45) is 0 Å². The lowest BCUT2D eigenvalue weighted by molar-refractivity contribution is -0.137. The number of hydrogen-bond acceptors (Lipinski definition) is 4. The van der Waals surface area contributed by atoms with E-state index < -0.39 is 23.4 Å². The molecule has 0 unspecified atom stereocenters. The van der Waals surface area contributed by atoms with Gasteiger partial charge in [-0.2, -0.15) is 13.2 Å². The highest BCUT2D eigenvalue weighted by Crippen LogP contribution is 2.35. The van der Waals surface area contributed by atoms with E-state index in [1.54, 1.807) is 24.3 Å². The van der Waals surface area contributed by atoms with Crippen molar-refractivity contribution in [3.63, 3.8) is 0 Å².